The van der Waals surface area contributed by atoms with Gasteiger partial charge in [-0.05, 0) is 47.8 Å². The Bertz CT molecular complexity index is 757. The summed E-state index contributed by atoms with van der Waals surface area (Å²) in [6.07, 6.45) is 0. The molecule has 0 aliphatic heterocycles. The summed E-state index contributed by atoms with van der Waals surface area (Å²) in [5.41, 5.74) is 4.56. The Morgan fingerprint density at radius 3 is 1.67 bits per heavy atom. The molecule has 4 N–H and O–H groups in total. The van der Waals surface area contributed by atoms with E-state index in [1.807, 2.05) is 24.3 Å². The highest BCUT2D eigenvalue weighted by Gasteiger charge is 2.13. The molecule has 6 heteroatoms. The highest BCUT2D eigenvalue weighted by Crippen LogP contribution is 2.23. The number of thioether (sulfide) groups is 2. The van der Waals surface area contributed by atoms with E-state index < -0.39 is 0 Å². The van der Waals surface area contributed by atoms with Gasteiger partial charge in [0.1, 0.15) is 0 Å². The number of imidazole rings is 2. The minimum absolute atomic E-state index is 0.923. The van der Waals surface area contributed by atoms with Gasteiger partial charge in [0, 0.05) is 0 Å². The van der Waals surface area contributed by atoms with Gasteiger partial charge in [-0.15, -0.1) is 0 Å². The summed E-state index contributed by atoms with van der Waals surface area (Å²) in [7, 11) is 0. The first-order valence-electron chi connectivity index (χ1n) is 6.64. The summed E-state index contributed by atoms with van der Waals surface area (Å²) in [5.74, 6) is 0. The van der Waals surface area contributed by atoms with Crippen molar-refractivity contribution in [1.82, 2.24) is 9.97 Å². The fraction of sp³-hybridized carbons (Fsp3) is 0.0667. The molecule has 0 aliphatic carbocycles. The summed E-state index contributed by atoms with van der Waals surface area (Å²) < 4.78 is 0. The number of aromatic amines is 4. The van der Waals surface area contributed by atoms with Gasteiger partial charge in [-0.3, -0.25) is 0 Å². The predicted molar refractivity (Wildman–Crippen MR) is 86.3 cm³/mol. The molecule has 2 aromatic heterocycles. The number of para-hydroxylation sites is 4. The van der Waals surface area contributed by atoms with E-state index >= 15 is 0 Å². The summed E-state index contributed by atoms with van der Waals surface area (Å²) in [4.78, 5) is 13.5. The second-order valence-corrected chi connectivity index (χ2v) is 6.99. The standard InChI is InChI=1S/C15H12N4S2/c1-2-6-11-10(5-1)16-14(17-11)20-9-21-15-18-12-7-3-4-8-13(12)19-15/h1-8H,9H2,(H,16,17)(H,18,19)/p+2. The molecule has 0 bridgehead atoms. The van der Waals surface area contributed by atoms with Crippen molar-refractivity contribution >= 4 is 45.6 Å². The fourth-order valence-electron chi connectivity index (χ4n) is 2.25. The Morgan fingerprint density at radius 1 is 0.714 bits per heavy atom. The SMILES string of the molecule is c1ccc2[nH+]c(SCSc3[nH]c4ccccc4[nH+]3)[nH]c2c1. The van der Waals surface area contributed by atoms with E-state index in [2.05, 4.69) is 44.2 Å². The maximum absolute atomic E-state index is 3.38. The van der Waals surface area contributed by atoms with Gasteiger partial charge in [0.25, 0.3) is 0 Å². The van der Waals surface area contributed by atoms with Crippen LogP contribution in [-0.4, -0.2) is 15.1 Å². The van der Waals surface area contributed by atoms with Crippen molar-refractivity contribution in [3.05, 3.63) is 48.5 Å². The summed E-state index contributed by atoms with van der Waals surface area (Å²) in [6, 6.07) is 16.5. The molecule has 4 nitrogen and oxygen atoms in total. The van der Waals surface area contributed by atoms with Gasteiger partial charge in [0.15, 0.2) is 22.1 Å². The Labute approximate surface area is 129 Å². The van der Waals surface area contributed by atoms with Crippen LogP contribution in [0.5, 0.6) is 0 Å². The molecule has 0 saturated carbocycles. The zero-order valence-electron chi connectivity index (χ0n) is 11.1. The zero-order valence-corrected chi connectivity index (χ0v) is 12.8. The van der Waals surface area contributed by atoms with Crippen LogP contribution in [0.2, 0.25) is 0 Å². The quantitative estimate of drug-likeness (QED) is 0.449. The Hall–Kier alpha value is -1.92. The van der Waals surface area contributed by atoms with Crippen molar-refractivity contribution in [2.75, 3.05) is 5.08 Å². The third kappa shape index (κ3) is 2.64. The first kappa shape index (κ1) is 12.8. The Morgan fingerprint density at radius 2 is 1.19 bits per heavy atom. The molecule has 2 aromatic carbocycles. The number of fused-ring (bicyclic) bond motifs is 2. The highest BCUT2D eigenvalue weighted by atomic mass is 32.2. The van der Waals surface area contributed by atoms with Crippen LogP contribution in [0.3, 0.4) is 0 Å². The molecule has 104 valence electrons. The van der Waals surface area contributed by atoms with E-state index in [1.165, 1.54) is 0 Å². The van der Waals surface area contributed by atoms with Gasteiger partial charge in [0.05, 0.1) is 5.08 Å². The molecular weight excluding hydrogens is 300 g/mol. The van der Waals surface area contributed by atoms with E-state index in [-0.39, 0.29) is 0 Å². The topological polar surface area (TPSA) is 59.9 Å². The normalized spacial score (nSPS) is 11.4. The van der Waals surface area contributed by atoms with Gasteiger partial charge in [0.2, 0.25) is 0 Å². The lowest BCUT2D eigenvalue weighted by Crippen LogP contribution is -2.03. The number of nitrogens with one attached hydrogen (secondary N) is 4. The summed E-state index contributed by atoms with van der Waals surface area (Å²) >= 11 is 3.53. The maximum Gasteiger partial charge on any atom is 0.315 e. The predicted octanol–water partition coefficient (Wildman–Crippen LogP) is 3.12. The average molecular weight is 314 g/mol. The smallest absolute Gasteiger partial charge is 0.231 e. The largest absolute Gasteiger partial charge is 0.315 e. The molecule has 21 heavy (non-hydrogen) atoms. The summed E-state index contributed by atoms with van der Waals surface area (Å²) in [5, 5.41) is 3.09. The van der Waals surface area contributed by atoms with Gasteiger partial charge < -0.3 is 0 Å². The van der Waals surface area contributed by atoms with Crippen molar-refractivity contribution in [3.8, 4) is 0 Å². The highest BCUT2D eigenvalue weighted by molar-refractivity contribution is 8.15. The number of H-pyrrole nitrogens is 4. The second-order valence-electron chi connectivity index (χ2n) is 4.66. The van der Waals surface area contributed by atoms with Gasteiger partial charge in [-0.1, -0.05) is 24.3 Å². The van der Waals surface area contributed by atoms with Crippen molar-refractivity contribution in [3.63, 3.8) is 0 Å². The summed E-state index contributed by atoms with van der Waals surface area (Å²) in [6.45, 7) is 0. The van der Waals surface area contributed by atoms with E-state index in [1.54, 1.807) is 23.5 Å². The van der Waals surface area contributed by atoms with Crippen LogP contribution in [-0.2, 0) is 0 Å². The number of hydrogen-bond donors (Lipinski definition) is 2. The van der Waals surface area contributed by atoms with Crippen LogP contribution in [0.15, 0.2) is 58.8 Å². The number of aromatic nitrogens is 4. The lowest BCUT2D eigenvalue weighted by Gasteiger charge is -1.88. The molecule has 0 saturated heterocycles. The van der Waals surface area contributed by atoms with Crippen LogP contribution in [0.4, 0.5) is 0 Å². The number of hydrogen-bond acceptors (Lipinski definition) is 2. The van der Waals surface area contributed by atoms with Crippen LogP contribution < -0.4 is 9.97 Å². The third-order valence-electron chi connectivity index (χ3n) is 3.25. The van der Waals surface area contributed by atoms with Crippen molar-refractivity contribution < 1.29 is 9.97 Å². The van der Waals surface area contributed by atoms with Gasteiger partial charge in [-0.2, -0.15) is 0 Å². The fourth-order valence-corrected chi connectivity index (χ4v) is 4.15. The molecule has 0 radical (unpaired) electrons. The van der Waals surface area contributed by atoms with Crippen LogP contribution in [0.1, 0.15) is 0 Å². The lowest BCUT2D eigenvalue weighted by atomic mass is 10.3. The lowest BCUT2D eigenvalue weighted by molar-refractivity contribution is -0.396. The molecule has 4 rings (SSSR count). The second kappa shape index (κ2) is 5.46. The monoisotopic (exact) mass is 314 g/mol. The van der Waals surface area contributed by atoms with Crippen LogP contribution in [0, 0.1) is 0 Å². The first-order chi connectivity index (χ1) is 10.4. The average Bonchev–Trinajstić information content (AvgIpc) is 3.09. The molecule has 0 amide bonds. The first-order valence-corrected chi connectivity index (χ1v) is 8.61. The van der Waals surface area contributed by atoms with E-state index in [0.29, 0.717) is 0 Å². The van der Waals surface area contributed by atoms with Crippen molar-refractivity contribution in [2.24, 2.45) is 0 Å². The molecule has 0 fully saturated rings. The van der Waals surface area contributed by atoms with Crippen LogP contribution >= 0.6 is 23.5 Å². The third-order valence-corrected chi connectivity index (χ3v) is 5.18. The Kier molecular flexibility index (Phi) is 3.33. The van der Waals surface area contributed by atoms with E-state index in [0.717, 1.165) is 37.5 Å². The minimum atomic E-state index is 0.923. The molecule has 4 aromatic rings. The van der Waals surface area contributed by atoms with Gasteiger partial charge >= 0.3 is 10.3 Å². The molecule has 2 heterocycles. The zero-order chi connectivity index (χ0) is 14.1. The van der Waals surface area contributed by atoms with E-state index in [9.17, 15) is 0 Å². The maximum atomic E-state index is 3.38. The van der Waals surface area contributed by atoms with E-state index in [4.69, 9.17) is 0 Å². The molecular formula is C15H14N4S2+2. The number of benzene rings is 2. The van der Waals surface area contributed by atoms with Gasteiger partial charge in [-0.25, -0.2) is 19.9 Å². The molecule has 0 atom stereocenters. The molecule has 0 aliphatic rings. The number of rotatable bonds is 4. The van der Waals surface area contributed by atoms with Crippen molar-refractivity contribution in [1.29, 1.82) is 0 Å². The Balaban J connectivity index is 1.44. The molecule has 0 spiro atoms. The minimum Gasteiger partial charge on any atom is -0.231 e. The molecule has 0 unspecified atom stereocenters. The van der Waals surface area contributed by atoms with Crippen molar-refractivity contribution in [2.45, 2.75) is 10.3 Å². The van der Waals surface area contributed by atoms with Crippen LogP contribution in [0.25, 0.3) is 22.1 Å².